The molecule has 0 bridgehead atoms. The van der Waals surface area contributed by atoms with Gasteiger partial charge in [-0.3, -0.25) is 4.79 Å². The molecule has 1 aromatic rings. The summed E-state index contributed by atoms with van der Waals surface area (Å²) in [5.41, 5.74) is 5.92. The van der Waals surface area contributed by atoms with Crippen molar-refractivity contribution in [3.8, 4) is 0 Å². The molecule has 0 aliphatic rings. The zero-order valence-electron chi connectivity index (χ0n) is 10.2. The van der Waals surface area contributed by atoms with Crippen molar-refractivity contribution in [2.24, 2.45) is 5.73 Å². The molecule has 1 amide bonds. The molecular weight excluding hydrogens is 236 g/mol. The summed E-state index contributed by atoms with van der Waals surface area (Å²) in [4.78, 5) is 13.7. The first-order valence-corrected chi connectivity index (χ1v) is 5.21. The summed E-state index contributed by atoms with van der Waals surface area (Å²) < 4.78 is 0. The molecular formula is C13H19ClN2O. The number of rotatable bonds is 4. The third-order valence-corrected chi connectivity index (χ3v) is 2.57. The summed E-state index contributed by atoms with van der Waals surface area (Å²) in [7, 11) is 1.72. The van der Waals surface area contributed by atoms with Crippen LogP contribution in [0.5, 0.6) is 0 Å². The van der Waals surface area contributed by atoms with E-state index in [0.717, 1.165) is 5.56 Å². The normalized spacial score (nSPS) is 13.1. The molecule has 0 spiro atoms. The van der Waals surface area contributed by atoms with E-state index in [1.54, 1.807) is 24.9 Å². The summed E-state index contributed by atoms with van der Waals surface area (Å²) in [5.74, 6) is -0.112. The van der Waals surface area contributed by atoms with Crippen LogP contribution in [0.3, 0.4) is 0 Å². The second kappa shape index (κ2) is 6.42. The minimum absolute atomic E-state index is 0. The lowest BCUT2D eigenvalue weighted by Gasteiger charge is -2.29. The van der Waals surface area contributed by atoms with E-state index in [0.29, 0.717) is 6.54 Å². The van der Waals surface area contributed by atoms with Gasteiger partial charge in [0.05, 0.1) is 0 Å². The number of nitrogens with zero attached hydrogens (tertiary/aromatic N) is 1. The Kier molecular flexibility index (Phi) is 5.93. The van der Waals surface area contributed by atoms with E-state index in [1.165, 1.54) is 0 Å². The van der Waals surface area contributed by atoms with Crippen molar-refractivity contribution in [3.63, 3.8) is 0 Å². The van der Waals surface area contributed by atoms with Crippen LogP contribution in [0, 0.1) is 0 Å². The minimum Gasteiger partial charge on any atom is -0.340 e. The molecule has 0 heterocycles. The SMILES string of the molecule is C=CCN(C)C(=O)C(C)(N)c1ccccc1.Cl. The topological polar surface area (TPSA) is 46.3 Å². The Labute approximate surface area is 109 Å². The number of halogens is 1. The summed E-state index contributed by atoms with van der Waals surface area (Å²) in [6, 6.07) is 9.37. The fourth-order valence-corrected chi connectivity index (χ4v) is 1.58. The van der Waals surface area contributed by atoms with Crippen LogP contribution in [-0.2, 0) is 10.3 Å². The third-order valence-electron chi connectivity index (χ3n) is 2.57. The molecule has 0 aliphatic carbocycles. The zero-order valence-corrected chi connectivity index (χ0v) is 11.0. The van der Waals surface area contributed by atoms with Gasteiger partial charge in [0.15, 0.2) is 0 Å². The molecule has 94 valence electrons. The van der Waals surface area contributed by atoms with Crippen LogP contribution in [0.4, 0.5) is 0 Å². The molecule has 3 nitrogen and oxygen atoms in total. The smallest absolute Gasteiger partial charge is 0.246 e. The summed E-state index contributed by atoms with van der Waals surface area (Å²) in [6.07, 6.45) is 1.68. The third kappa shape index (κ3) is 3.58. The van der Waals surface area contributed by atoms with E-state index in [9.17, 15) is 4.79 Å². The van der Waals surface area contributed by atoms with E-state index >= 15 is 0 Å². The molecule has 0 saturated heterocycles. The first-order valence-electron chi connectivity index (χ1n) is 5.21. The van der Waals surface area contributed by atoms with Gasteiger partial charge in [-0.2, -0.15) is 0 Å². The molecule has 1 unspecified atom stereocenters. The standard InChI is InChI=1S/C13H18N2O.ClH/c1-4-10-15(3)12(16)13(2,14)11-8-6-5-7-9-11;/h4-9H,1,10,14H2,2-3H3;1H. The number of carbonyl (C=O) groups excluding carboxylic acids is 1. The van der Waals surface area contributed by atoms with Crippen molar-refractivity contribution in [2.45, 2.75) is 12.5 Å². The maximum absolute atomic E-state index is 12.1. The van der Waals surface area contributed by atoms with Crippen LogP contribution < -0.4 is 5.73 Å². The van der Waals surface area contributed by atoms with Crippen LogP contribution in [-0.4, -0.2) is 24.4 Å². The lowest BCUT2D eigenvalue weighted by Crippen LogP contribution is -2.49. The quantitative estimate of drug-likeness (QED) is 0.835. The Morgan fingerprint density at radius 2 is 2.00 bits per heavy atom. The van der Waals surface area contributed by atoms with Gasteiger partial charge in [0.2, 0.25) is 5.91 Å². The Morgan fingerprint density at radius 1 is 1.47 bits per heavy atom. The van der Waals surface area contributed by atoms with E-state index in [1.807, 2.05) is 30.3 Å². The van der Waals surface area contributed by atoms with Crippen molar-refractivity contribution < 1.29 is 4.79 Å². The lowest BCUT2D eigenvalue weighted by molar-refractivity contribution is -0.134. The van der Waals surface area contributed by atoms with Crippen LogP contribution in [0.25, 0.3) is 0 Å². The molecule has 1 atom stereocenters. The van der Waals surface area contributed by atoms with Gasteiger partial charge >= 0.3 is 0 Å². The average molecular weight is 255 g/mol. The molecule has 0 aromatic heterocycles. The van der Waals surface area contributed by atoms with Gasteiger partial charge in [-0.1, -0.05) is 36.4 Å². The Hall–Kier alpha value is -1.32. The molecule has 1 rings (SSSR count). The molecule has 4 heteroatoms. The highest BCUT2D eigenvalue weighted by molar-refractivity contribution is 5.87. The number of benzene rings is 1. The van der Waals surface area contributed by atoms with Crippen molar-refractivity contribution >= 4 is 18.3 Å². The van der Waals surface area contributed by atoms with Crippen molar-refractivity contribution in [2.75, 3.05) is 13.6 Å². The predicted molar refractivity (Wildman–Crippen MR) is 73.1 cm³/mol. The second-order valence-electron chi connectivity index (χ2n) is 4.04. The number of hydrogen-bond acceptors (Lipinski definition) is 2. The van der Waals surface area contributed by atoms with E-state index in [4.69, 9.17) is 5.73 Å². The number of carbonyl (C=O) groups is 1. The number of hydrogen-bond donors (Lipinski definition) is 1. The van der Waals surface area contributed by atoms with Crippen LogP contribution in [0.1, 0.15) is 12.5 Å². The number of nitrogens with two attached hydrogens (primary N) is 1. The maximum Gasteiger partial charge on any atom is 0.246 e. The highest BCUT2D eigenvalue weighted by Gasteiger charge is 2.32. The highest BCUT2D eigenvalue weighted by Crippen LogP contribution is 2.19. The fourth-order valence-electron chi connectivity index (χ4n) is 1.58. The Morgan fingerprint density at radius 3 is 2.47 bits per heavy atom. The molecule has 0 fully saturated rings. The molecule has 1 aromatic carbocycles. The van der Waals surface area contributed by atoms with Gasteiger partial charge in [-0.25, -0.2) is 0 Å². The molecule has 2 N–H and O–H groups in total. The molecule has 0 saturated carbocycles. The Bertz CT molecular complexity index is 376. The van der Waals surface area contributed by atoms with Crippen LogP contribution in [0.15, 0.2) is 43.0 Å². The van der Waals surface area contributed by atoms with Gasteiger partial charge in [-0.05, 0) is 12.5 Å². The second-order valence-corrected chi connectivity index (χ2v) is 4.04. The Balaban J connectivity index is 0.00000256. The van der Waals surface area contributed by atoms with E-state index in [-0.39, 0.29) is 18.3 Å². The summed E-state index contributed by atoms with van der Waals surface area (Å²) in [5, 5.41) is 0. The van der Waals surface area contributed by atoms with E-state index < -0.39 is 5.54 Å². The fraction of sp³-hybridized carbons (Fsp3) is 0.308. The van der Waals surface area contributed by atoms with Gasteiger partial charge in [0, 0.05) is 13.6 Å². The average Bonchev–Trinajstić information content (AvgIpc) is 2.29. The number of amides is 1. The zero-order chi connectivity index (χ0) is 12.2. The molecule has 0 radical (unpaired) electrons. The van der Waals surface area contributed by atoms with Gasteiger partial charge in [0.25, 0.3) is 0 Å². The van der Waals surface area contributed by atoms with E-state index in [2.05, 4.69) is 6.58 Å². The highest BCUT2D eigenvalue weighted by atomic mass is 35.5. The van der Waals surface area contributed by atoms with Gasteiger partial charge in [-0.15, -0.1) is 19.0 Å². The maximum atomic E-state index is 12.1. The van der Waals surface area contributed by atoms with Crippen LogP contribution in [0.2, 0.25) is 0 Å². The summed E-state index contributed by atoms with van der Waals surface area (Å²) >= 11 is 0. The van der Waals surface area contributed by atoms with Crippen LogP contribution >= 0.6 is 12.4 Å². The lowest BCUT2D eigenvalue weighted by atomic mass is 9.92. The first kappa shape index (κ1) is 15.7. The van der Waals surface area contributed by atoms with Crippen molar-refractivity contribution in [1.82, 2.24) is 4.90 Å². The first-order chi connectivity index (χ1) is 7.50. The van der Waals surface area contributed by atoms with Gasteiger partial charge < -0.3 is 10.6 Å². The van der Waals surface area contributed by atoms with Crippen molar-refractivity contribution in [1.29, 1.82) is 0 Å². The van der Waals surface area contributed by atoms with Gasteiger partial charge in [0.1, 0.15) is 5.54 Å². The number of likely N-dealkylation sites (N-methyl/N-ethyl adjacent to an activating group) is 1. The predicted octanol–water partition coefficient (Wildman–Crippen LogP) is 1.93. The molecule has 0 aliphatic heterocycles. The monoisotopic (exact) mass is 254 g/mol. The molecule has 17 heavy (non-hydrogen) atoms. The van der Waals surface area contributed by atoms with Crippen molar-refractivity contribution in [3.05, 3.63) is 48.6 Å². The minimum atomic E-state index is -0.987. The largest absolute Gasteiger partial charge is 0.340 e. The summed E-state index contributed by atoms with van der Waals surface area (Å²) in [6.45, 7) is 5.83.